The largest absolute Gasteiger partial charge is 0.134 e. The quantitative estimate of drug-likeness (QED) is 0.473. The van der Waals surface area contributed by atoms with Crippen LogP contribution in [0.2, 0.25) is 0 Å². The van der Waals surface area contributed by atoms with Gasteiger partial charge in [0.05, 0.1) is 0 Å². The lowest BCUT2D eigenvalue weighted by atomic mass is 9.68. The van der Waals surface area contributed by atoms with Gasteiger partial charge in [0.15, 0.2) is 0 Å². The Kier molecular flexibility index (Phi) is 1.26. The molecule has 6 atom stereocenters. The Morgan fingerprint density at radius 2 is 2.00 bits per heavy atom. The van der Waals surface area contributed by atoms with Crippen LogP contribution < -0.4 is 0 Å². The van der Waals surface area contributed by atoms with Crippen molar-refractivity contribution in [3.63, 3.8) is 0 Å². The molecule has 0 aromatic heterocycles. The molecule has 0 aromatic carbocycles. The lowest BCUT2D eigenvalue weighted by Crippen LogP contribution is -2.40. The second kappa shape index (κ2) is 1.78. The molecule has 3 fully saturated rings. The first-order valence-electron chi connectivity index (χ1n) is 4.33. The average molecular weight is 156 g/mol. The molecule has 10 heavy (non-hydrogen) atoms. The highest BCUT2D eigenvalue weighted by Gasteiger charge is 2.61. The van der Waals surface area contributed by atoms with E-state index in [1.54, 1.807) is 0 Å². The second-order valence-electron chi connectivity index (χ2n) is 4.55. The zero-order chi connectivity index (χ0) is 7.52. The Bertz CT molecular complexity index is 162. The minimum absolute atomic E-state index is 0.689. The zero-order valence-corrected chi connectivity index (χ0v) is 8.25. The third kappa shape index (κ3) is 0.537. The highest BCUT2D eigenvalue weighted by Crippen LogP contribution is 2.67. The minimum atomic E-state index is 0.689. The van der Waals surface area contributed by atoms with Gasteiger partial charge in [-0.25, -0.2) is 0 Å². The van der Waals surface area contributed by atoms with Gasteiger partial charge in [-0.05, 0) is 35.2 Å². The van der Waals surface area contributed by atoms with E-state index < -0.39 is 0 Å². The van der Waals surface area contributed by atoms with Crippen LogP contribution in [0.15, 0.2) is 0 Å². The van der Waals surface area contributed by atoms with Crippen LogP contribution in [0.5, 0.6) is 0 Å². The first-order valence-corrected chi connectivity index (χ1v) is 4.99. The van der Waals surface area contributed by atoms with Gasteiger partial charge in [-0.3, -0.25) is 0 Å². The highest BCUT2D eigenvalue weighted by molar-refractivity contribution is 7.17. The van der Waals surface area contributed by atoms with E-state index in [1.807, 2.05) is 0 Å². The van der Waals surface area contributed by atoms with Crippen LogP contribution in [0.3, 0.4) is 0 Å². The fraction of sp³-hybridized carbons (Fsp3) is 1.00. The van der Waals surface area contributed by atoms with Crippen LogP contribution in [-0.4, -0.2) is 5.66 Å². The molecule has 0 aliphatic heterocycles. The van der Waals surface area contributed by atoms with Crippen molar-refractivity contribution in [2.75, 3.05) is 0 Å². The molecule has 0 saturated heterocycles. The third-order valence-electron chi connectivity index (χ3n) is 4.40. The molecule has 0 spiro atoms. The Morgan fingerprint density at radius 3 is 2.10 bits per heavy atom. The summed E-state index contributed by atoms with van der Waals surface area (Å²) in [6.07, 6.45) is 1.49. The van der Waals surface area contributed by atoms with Gasteiger partial charge >= 0.3 is 0 Å². The van der Waals surface area contributed by atoms with Crippen LogP contribution >= 0.6 is 9.24 Å². The summed E-state index contributed by atoms with van der Waals surface area (Å²) in [7, 11) is 3.04. The van der Waals surface area contributed by atoms with Crippen molar-refractivity contribution in [2.24, 2.45) is 23.2 Å². The summed E-state index contributed by atoms with van der Waals surface area (Å²) < 4.78 is 0. The van der Waals surface area contributed by atoms with Crippen molar-refractivity contribution in [3.8, 4) is 0 Å². The van der Waals surface area contributed by atoms with Crippen LogP contribution in [0.25, 0.3) is 0 Å². The summed E-state index contributed by atoms with van der Waals surface area (Å²) in [5.41, 5.74) is 1.62. The zero-order valence-electron chi connectivity index (χ0n) is 7.09. The molecule has 2 bridgehead atoms. The molecule has 3 saturated carbocycles. The van der Waals surface area contributed by atoms with E-state index in [4.69, 9.17) is 0 Å². The molecule has 6 unspecified atom stereocenters. The van der Waals surface area contributed by atoms with Gasteiger partial charge in [-0.1, -0.05) is 20.8 Å². The van der Waals surface area contributed by atoms with Gasteiger partial charge in [0.1, 0.15) is 0 Å². The van der Waals surface area contributed by atoms with Gasteiger partial charge in [0.25, 0.3) is 0 Å². The predicted molar refractivity (Wildman–Crippen MR) is 48.0 cm³/mol. The van der Waals surface area contributed by atoms with Crippen molar-refractivity contribution >= 4 is 9.24 Å². The number of rotatable bonds is 0. The Labute approximate surface area is 66.0 Å². The molecule has 3 aliphatic carbocycles. The van der Waals surface area contributed by atoms with Gasteiger partial charge in [0.2, 0.25) is 0 Å². The first kappa shape index (κ1) is 7.10. The minimum Gasteiger partial charge on any atom is -0.134 e. The van der Waals surface area contributed by atoms with Crippen molar-refractivity contribution in [3.05, 3.63) is 0 Å². The average Bonchev–Trinajstić information content (AvgIpc) is 2.21. The molecule has 0 amide bonds. The van der Waals surface area contributed by atoms with Crippen LogP contribution in [-0.2, 0) is 0 Å². The fourth-order valence-corrected chi connectivity index (χ4v) is 4.00. The third-order valence-corrected chi connectivity index (χ3v) is 5.66. The normalized spacial score (nSPS) is 66.0. The molecule has 3 aliphatic rings. The van der Waals surface area contributed by atoms with E-state index in [-0.39, 0.29) is 0 Å². The van der Waals surface area contributed by atoms with Crippen molar-refractivity contribution in [1.82, 2.24) is 0 Å². The summed E-state index contributed by atoms with van der Waals surface area (Å²) in [6.45, 7) is 7.30. The smallest absolute Gasteiger partial charge is 0.0176 e. The predicted octanol–water partition coefficient (Wildman–Crippen LogP) is 2.54. The monoisotopic (exact) mass is 156 g/mol. The highest BCUT2D eigenvalue weighted by atomic mass is 31.0. The first-order chi connectivity index (χ1) is 4.57. The SMILES string of the molecule is CC1C2CC(C)(C1C)C2P. The molecule has 0 heterocycles. The molecule has 0 nitrogen and oxygen atoms in total. The molecular weight excluding hydrogens is 139 g/mol. The Morgan fingerprint density at radius 1 is 1.40 bits per heavy atom. The van der Waals surface area contributed by atoms with Crippen molar-refractivity contribution in [1.29, 1.82) is 0 Å². The molecular formula is C9H17P. The number of hydrogen-bond acceptors (Lipinski definition) is 0. The molecule has 0 N–H and O–H groups in total. The molecule has 0 radical (unpaired) electrons. The summed E-state index contributed by atoms with van der Waals surface area (Å²) >= 11 is 0. The van der Waals surface area contributed by atoms with Crippen molar-refractivity contribution < 1.29 is 0 Å². The van der Waals surface area contributed by atoms with Crippen molar-refractivity contribution in [2.45, 2.75) is 32.9 Å². The number of hydrogen-bond donors (Lipinski definition) is 0. The van der Waals surface area contributed by atoms with Gasteiger partial charge in [-0.15, -0.1) is 9.24 Å². The molecule has 0 aromatic rings. The van der Waals surface area contributed by atoms with Crippen LogP contribution in [0, 0.1) is 23.2 Å². The maximum atomic E-state index is 3.04. The maximum Gasteiger partial charge on any atom is -0.0176 e. The summed E-state index contributed by atoms with van der Waals surface area (Å²) in [6, 6.07) is 0. The van der Waals surface area contributed by atoms with E-state index in [0.717, 1.165) is 23.4 Å². The Hall–Kier alpha value is 0.430. The summed E-state index contributed by atoms with van der Waals surface area (Å²) in [4.78, 5) is 0. The topological polar surface area (TPSA) is 0 Å². The summed E-state index contributed by atoms with van der Waals surface area (Å²) in [5.74, 6) is 2.97. The van der Waals surface area contributed by atoms with Gasteiger partial charge in [0, 0.05) is 0 Å². The lowest BCUT2D eigenvalue weighted by Gasteiger charge is -2.44. The maximum absolute atomic E-state index is 3.04. The summed E-state index contributed by atoms with van der Waals surface area (Å²) in [5, 5.41) is 0. The standard InChI is InChI=1S/C9H17P/c1-5-6(2)9(3)4-7(5)8(9)10/h5-8H,4,10H2,1-3H3. The molecule has 1 heteroatoms. The molecule has 58 valence electrons. The van der Waals surface area contributed by atoms with E-state index >= 15 is 0 Å². The van der Waals surface area contributed by atoms with Gasteiger partial charge < -0.3 is 0 Å². The fourth-order valence-electron chi connectivity index (χ4n) is 3.07. The van der Waals surface area contributed by atoms with E-state index in [2.05, 4.69) is 30.0 Å². The van der Waals surface area contributed by atoms with Gasteiger partial charge in [-0.2, -0.15) is 0 Å². The molecule has 3 rings (SSSR count). The van der Waals surface area contributed by atoms with Crippen LogP contribution in [0.4, 0.5) is 0 Å². The lowest BCUT2D eigenvalue weighted by molar-refractivity contribution is 0.151. The van der Waals surface area contributed by atoms with Crippen LogP contribution in [0.1, 0.15) is 27.2 Å². The number of fused-ring (bicyclic) bond motifs is 1. The van der Waals surface area contributed by atoms with E-state index in [9.17, 15) is 0 Å². The Balaban J connectivity index is 2.28. The second-order valence-corrected chi connectivity index (χ2v) is 5.27. The van der Waals surface area contributed by atoms with E-state index in [0.29, 0.717) is 5.41 Å². The van der Waals surface area contributed by atoms with E-state index in [1.165, 1.54) is 6.42 Å².